The summed E-state index contributed by atoms with van der Waals surface area (Å²) in [6.07, 6.45) is 2.85. The third kappa shape index (κ3) is 4.65. The lowest BCUT2D eigenvalue weighted by Crippen LogP contribution is -2.38. The molecule has 2 aliphatic rings. The molecule has 150 valence electrons. The number of hydrogen-bond acceptors (Lipinski definition) is 7. The Balaban J connectivity index is 1.29. The SMILES string of the molecule is CC1=NOC(=O)/C1=C\c1ccc(N2CCC(OC(=O)Nc3ccccc3)CC2)s1. The second kappa shape index (κ2) is 8.48. The fourth-order valence-corrected chi connectivity index (χ4v) is 4.27. The Morgan fingerprint density at radius 2 is 2.00 bits per heavy atom. The summed E-state index contributed by atoms with van der Waals surface area (Å²) in [7, 11) is 0. The van der Waals surface area contributed by atoms with Crippen molar-refractivity contribution in [3.63, 3.8) is 0 Å². The summed E-state index contributed by atoms with van der Waals surface area (Å²) in [6, 6.07) is 13.3. The van der Waals surface area contributed by atoms with Crippen LogP contribution in [0, 0.1) is 0 Å². The molecular formula is C21H21N3O4S. The van der Waals surface area contributed by atoms with Gasteiger partial charge in [-0.2, -0.15) is 0 Å². The van der Waals surface area contributed by atoms with Gasteiger partial charge in [0.05, 0.1) is 16.3 Å². The molecule has 2 aliphatic heterocycles. The van der Waals surface area contributed by atoms with Crippen LogP contribution in [0.4, 0.5) is 15.5 Å². The maximum atomic E-state index is 12.1. The fraction of sp³-hybridized carbons (Fsp3) is 0.286. The van der Waals surface area contributed by atoms with E-state index in [1.165, 1.54) is 0 Å². The molecule has 0 saturated carbocycles. The standard InChI is InChI=1S/C21H21N3O4S/c1-14-18(20(25)28-23-14)13-17-7-8-19(29-17)24-11-9-16(10-12-24)27-21(26)22-15-5-3-2-4-6-15/h2-8,13,16H,9-12H2,1H3,(H,22,26)/b18-13-. The van der Waals surface area contributed by atoms with Crippen LogP contribution >= 0.6 is 11.3 Å². The number of anilines is 2. The fourth-order valence-electron chi connectivity index (χ4n) is 3.27. The lowest BCUT2D eigenvalue weighted by Gasteiger charge is -2.32. The second-order valence-corrected chi connectivity index (χ2v) is 7.97. The summed E-state index contributed by atoms with van der Waals surface area (Å²) in [5.41, 5.74) is 1.81. The van der Waals surface area contributed by atoms with E-state index in [4.69, 9.17) is 4.74 Å². The zero-order valence-electron chi connectivity index (χ0n) is 16.0. The van der Waals surface area contributed by atoms with Crippen molar-refractivity contribution in [2.75, 3.05) is 23.3 Å². The summed E-state index contributed by atoms with van der Waals surface area (Å²) < 4.78 is 5.55. The first kappa shape index (κ1) is 19.2. The number of nitrogens with zero attached hydrogens (tertiary/aromatic N) is 2. The summed E-state index contributed by atoms with van der Waals surface area (Å²) in [6.45, 7) is 3.37. The molecule has 8 heteroatoms. The predicted molar refractivity (Wildman–Crippen MR) is 113 cm³/mol. The van der Waals surface area contributed by atoms with E-state index < -0.39 is 12.1 Å². The molecule has 7 nitrogen and oxygen atoms in total. The van der Waals surface area contributed by atoms with Crippen molar-refractivity contribution >= 4 is 45.9 Å². The summed E-state index contributed by atoms with van der Waals surface area (Å²) in [5.74, 6) is -0.413. The summed E-state index contributed by atoms with van der Waals surface area (Å²) >= 11 is 1.61. The van der Waals surface area contributed by atoms with Gasteiger partial charge in [-0.3, -0.25) is 5.32 Å². The average molecular weight is 411 g/mol. The first-order chi connectivity index (χ1) is 14.1. The largest absolute Gasteiger partial charge is 0.446 e. The molecule has 1 aromatic carbocycles. The van der Waals surface area contributed by atoms with Gasteiger partial charge in [0, 0.05) is 36.5 Å². The number of rotatable bonds is 4. The molecule has 0 bridgehead atoms. The topological polar surface area (TPSA) is 80.2 Å². The minimum absolute atomic E-state index is 0.0939. The van der Waals surface area contributed by atoms with E-state index in [1.807, 2.05) is 48.5 Å². The average Bonchev–Trinajstić information content (AvgIpc) is 3.31. The number of thiophene rings is 1. The summed E-state index contributed by atoms with van der Waals surface area (Å²) in [4.78, 5) is 31.7. The molecule has 0 atom stereocenters. The Bertz CT molecular complexity index is 959. The van der Waals surface area contributed by atoms with Gasteiger partial charge in [-0.25, -0.2) is 9.59 Å². The molecular weight excluding hydrogens is 390 g/mol. The number of carbonyl (C=O) groups is 2. The molecule has 4 rings (SSSR count). The molecule has 3 heterocycles. The van der Waals surface area contributed by atoms with Crippen molar-refractivity contribution < 1.29 is 19.2 Å². The molecule has 2 aromatic rings. The van der Waals surface area contributed by atoms with Crippen molar-refractivity contribution in [3.8, 4) is 0 Å². The molecule has 1 aromatic heterocycles. The molecule has 0 radical (unpaired) electrons. The number of hydrogen-bond donors (Lipinski definition) is 1. The first-order valence-electron chi connectivity index (χ1n) is 9.44. The van der Waals surface area contributed by atoms with E-state index in [1.54, 1.807) is 18.3 Å². The Labute approximate surface area is 172 Å². The van der Waals surface area contributed by atoms with Gasteiger partial charge in [0.15, 0.2) is 0 Å². The summed E-state index contributed by atoms with van der Waals surface area (Å²) in [5, 5.41) is 7.58. The monoisotopic (exact) mass is 411 g/mol. The van der Waals surface area contributed by atoms with E-state index in [0.717, 1.165) is 41.5 Å². The van der Waals surface area contributed by atoms with E-state index in [2.05, 4.69) is 20.2 Å². The number of piperidine rings is 1. The molecule has 1 amide bonds. The van der Waals surface area contributed by atoms with E-state index in [-0.39, 0.29) is 6.10 Å². The Hall–Kier alpha value is -3.13. The zero-order valence-corrected chi connectivity index (χ0v) is 16.8. The highest BCUT2D eigenvalue weighted by Gasteiger charge is 2.24. The minimum atomic E-state index is -0.417. The zero-order chi connectivity index (χ0) is 20.2. The van der Waals surface area contributed by atoms with Crippen LogP contribution in [0.1, 0.15) is 24.6 Å². The van der Waals surface area contributed by atoms with Gasteiger partial charge in [-0.1, -0.05) is 23.4 Å². The number of benzene rings is 1. The number of nitrogens with one attached hydrogen (secondary N) is 1. The van der Waals surface area contributed by atoms with Gasteiger partial charge in [0.1, 0.15) is 6.10 Å². The van der Waals surface area contributed by atoms with Crippen molar-refractivity contribution in [3.05, 3.63) is 52.9 Å². The molecule has 29 heavy (non-hydrogen) atoms. The third-order valence-corrected chi connectivity index (χ3v) is 5.91. The van der Waals surface area contributed by atoms with Crippen LogP contribution in [0.25, 0.3) is 6.08 Å². The van der Waals surface area contributed by atoms with Crippen LogP contribution < -0.4 is 10.2 Å². The number of carbonyl (C=O) groups excluding carboxylic acids is 2. The highest BCUT2D eigenvalue weighted by molar-refractivity contribution is 7.17. The van der Waals surface area contributed by atoms with Crippen LogP contribution in [0.3, 0.4) is 0 Å². The van der Waals surface area contributed by atoms with E-state index in [9.17, 15) is 9.59 Å². The number of amides is 1. The number of oxime groups is 1. The van der Waals surface area contributed by atoms with Crippen molar-refractivity contribution in [2.24, 2.45) is 5.16 Å². The lowest BCUT2D eigenvalue weighted by molar-refractivity contribution is -0.136. The van der Waals surface area contributed by atoms with Crippen LogP contribution in [0.5, 0.6) is 0 Å². The maximum Gasteiger partial charge on any atom is 0.411 e. The van der Waals surface area contributed by atoms with Crippen LogP contribution in [-0.4, -0.2) is 37.0 Å². The van der Waals surface area contributed by atoms with E-state index in [0.29, 0.717) is 11.3 Å². The van der Waals surface area contributed by atoms with Gasteiger partial charge < -0.3 is 14.5 Å². The molecule has 0 unspecified atom stereocenters. The smallest absolute Gasteiger partial charge is 0.411 e. The van der Waals surface area contributed by atoms with E-state index >= 15 is 0 Å². The van der Waals surface area contributed by atoms with Crippen molar-refractivity contribution in [1.29, 1.82) is 0 Å². The minimum Gasteiger partial charge on any atom is -0.446 e. The highest BCUT2D eigenvalue weighted by Crippen LogP contribution is 2.31. The second-order valence-electron chi connectivity index (χ2n) is 6.87. The molecule has 0 spiro atoms. The van der Waals surface area contributed by atoms with Gasteiger partial charge in [0.25, 0.3) is 0 Å². The highest BCUT2D eigenvalue weighted by atomic mass is 32.1. The molecule has 0 aliphatic carbocycles. The van der Waals surface area contributed by atoms with Crippen LogP contribution in [0.2, 0.25) is 0 Å². The molecule has 1 saturated heterocycles. The number of ether oxygens (including phenoxy) is 1. The first-order valence-corrected chi connectivity index (χ1v) is 10.3. The van der Waals surface area contributed by atoms with Crippen molar-refractivity contribution in [1.82, 2.24) is 0 Å². The Morgan fingerprint density at radius 1 is 1.24 bits per heavy atom. The predicted octanol–water partition coefficient (Wildman–Crippen LogP) is 4.28. The lowest BCUT2D eigenvalue weighted by atomic mass is 10.1. The molecule has 1 fully saturated rings. The van der Waals surface area contributed by atoms with Crippen LogP contribution in [-0.2, 0) is 14.4 Å². The molecule has 1 N–H and O–H groups in total. The Morgan fingerprint density at radius 3 is 2.69 bits per heavy atom. The van der Waals surface area contributed by atoms with Crippen LogP contribution in [0.15, 0.2) is 53.2 Å². The number of para-hydroxylation sites is 1. The Kier molecular flexibility index (Phi) is 5.62. The van der Waals surface area contributed by atoms with Gasteiger partial charge >= 0.3 is 12.1 Å². The van der Waals surface area contributed by atoms with Gasteiger partial charge in [-0.05, 0) is 37.3 Å². The van der Waals surface area contributed by atoms with Gasteiger partial charge in [0.2, 0.25) is 0 Å². The van der Waals surface area contributed by atoms with Crippen molar-refractivity contribution in [2.45, 2.75) is 25.9 Å². The third-order valence-electron chi connectivity index (χ3n) is 4.82. The van der Waals surface area contributed by atoms with Gasteiger partial charge in [-0.15, -0.1) is 11.3 Å². The maximum absolute atomic E-state index is 12.1. The normalized spacial score (nSPS) is 18.5. The quantitative estimate of drug-likeness (QED) is 0.600.